The van der Waals surface area contributed by atoms with Crippen molar-refractivity contribution >= 4 is 11.7 Å². The first-order chi connectivity index (χ1) is 9.65. The first-order valence-corrected chi connectivity index (χ1v) is 6.71. The second kappa shape index (κ2) is 6.58. The van der Waals surface area contributed by atoms with Gasteiger partial charge >= 0.3 is 5.97 Å². The Labute approximate surface area is 118 Å². The van der Waals surface area contributed by atoms with Gasteiger partial charge < -0.3 is 20.5 Å². The SMILES string of the molecule is COc1cccc(N2CCN(C(CN)C(=O)O)CC2)c1. The van der Waals surface area contributed by atoms with E-state index in [-0.39, 0.29) is 6.54 Å². The number of hydrogen-bond acceptors (Lipinski definition) is 5. The highest BCUT2D eigenvalue weighted by Gasteiger charge is 2.27. The summed E-state index contributed by atoms with van der Waals surface area (Å²) < 4.78 is 5.22. The Bertz CT molecular complexity index is 459. The molecule has 1 fully saturated rings. The van der Waals surface area contributed by atoms with Crippen LogP contribution in [0.2, 0.25) is 0 Å². The summed E-state index contributed by atoms with van der Waals surface area (Å²) >= 11 is 0. The Morgan fingerprint density at radius 1 is 1.40 bits per heavy atom. The van der Waals surface area contributed by atoms with E-state index in [4.69, 9.17) is 15.6 Å². The number of anilines is 1. The number of benzene rings is 1. The molecule has 1 saturated heterocycles. The summed E-state index contributed by atoms with van der Waals surface area (Å²) in [5.74, 6) is -0.0161. The zero-order valence-electron chi connectivity index (χ0n) is 11.7. The maximum absolute atomic E-state index is 11.1. The maximum atomic E-state index is 11.1. The normalized spacial score (nSPS) is 17.8. The number of ether oxygens (including phenoxy) is 1. The van der Waals surface area contributed by atoms with E-state index in [2.05, 4.69) is 4.90 Å². The lowest BCUT2D eigenvalue weighted by atomic mass is 10.2. The summed E-state index contributed by atoms with van der Waals surface area (Å²) in [5, 5.41) is 9.12. The predicted molar refractivity (Wildman–Crippen MR) is 77.3 cm³/mol. The van der Waals surface area contributed by atoms with Gasteiger partial charge in [-0.1, -0.05) is 6.07 Å². The molecule has 1 aromatic carbocycles. The zero-order valence-corrected chi connectivity index (χ0v) is 11.7. The van der Waals surface area contributed by atoms with Crippen LogP contribution in [0.4, 0.5) is 5.69 Å². The lowest BCUT2D eigenvalue weighted by Crippen LogP contribution is -2.55. The second-order valence-corrected chi connectivity index (χ2v) is 4.81. The van der Waals surface area contributed by atoms with Crippen molar-refractivity contribution in [2.45, 2.75) is 6.04 Å². The third kappa shape index (κ3) is 3.20. The fraction of sp³-hybridized carbons (Fsp3) is 0.500. The molecule has 0 aromatic heterocycles. The van der Waals surface area contributed by atoms with Crippen LogP contribution in [0.25, 0.3) is 0 Å². The molecule has 6 heteroatoms. The average Bonchev–Trinajstić information content (AvgIpc) is 2.48. The van der Waals surface area contributed by atoms with Crippen molar-refractivity contribution < 1.29 is 14.6 Å². The summed E-state index contributed by atoms with van der Waals surface area (Å²) in [6.45, 7) is 3.12. The van der Waals surface area contributed by atoms with Crippen LogP contribution < -0.4 is 15.4 Å². The van der Waals surface area contributed by atoms with Gasteiger partial charge in [-0.25, -0.2) is 0 Å². The number of rotatable bonds is 5. The molecule has 0 saturated carbocycles. The maximum Gasteiger partial charge on any atom is 0.322 e. The van der Waals surface area contributed by atoms with Gasteiger partial charge in [-0.05, 0) is 12.1 Å². The average molecular weight is 279 g/mol. The molecule has 110 valence electrons. The van der Waals surface area contributed by atoms with Crippen LogP contribution in [-0.4, -0.2) is 61.9 Å². The quantitative estimate of drug-likeness (QED) is 0.803. The van der Waals surface area contributed by atoms with Gasteiger partial charge in [0.15, 0.2) is 0 Å². The Balaban J connectivity index is 1.98. The zero-order chi connectivity index (χ0) is 14.5. The molecule has 20 heavy (non-hydrogen) atoms. The number of hydrogen-bond donors (Lipinski definition) is 2. The molecule has 1 aromatic rings. The van der Waals surface area contributed by atoms with Crippen LogP contribution in [-0.2, 0) is 4.79 Å². The van der Waals surface area contributed by atoms with Crippen LogP contribution >= 0.6 is 0 Å². The van der Waals surface area contributed by atoms with Crippen molar-refractivity contribution in [1.29, 1.82) is 0 Å². The summed E-state index contributed by atoms with van der Waals surface area (Å²) in [5.41, 5.74) is 6.64. The van der Waals surface area contributed by atoms with E-state index in [0.29, 0.717) is 13.1 Å². The fourth-order valence-corrected chi connectivity index (χ4v) is 2.51. The Hall–Kier alpha value is -1.79. The molecule has 1 unspecified atom stereocenters. The number of nitrogens with zero attached hydrogens (tertiary/aromatic N) is 2. The van der Waals surface area contributed by atoms with Gasteiger partial charge in [0.25, 0.3) is 0 Å². The van der Waals surface area contributed by atoms with Crippen molar-refractivity contribution in [1.82, 2.24) is 4.90 Å². The number of carboxylic acids is 1. The Kier molecular flexibility index (Phi) is 4.81. The van der Waals surface area contributed by atoms with Gasteiger partial charge in [-0.3, -0.25) is 9.69 Å². The van der Waals surface area contributed by atoms with Crippen LogP contribution in [0.15, 0.2) is 24.3 Å². The molecule has 1 aliphatic heterocycles. The summed E-state index contributed by atoms with van der Waals surface area (Å²) in [4.78, 5) is 15.3. The fourth-order valence-electron chi connectivity index (χ4n) is 2.51. The highest BCUT2D eigenvalue weighted by molar-refractivity contribution is 5.73. The lowest BCUT2D eigenvalue weighted by Gasteiger charge is -2.38. The molecule has 3 N–H and O–H groups in total. The smallest absolute Gasteiger partial charge is 0.322 e. The third-order valence-corrected chi connectivity index (χ3v) is 3.68. The standard InChI is InChI=1S/C14H21N3O3/c1-20-12-4-2-3-11(9-12)16-5-7-17(8-6-16)13(10-15)14(18)19/h2-4,9,13H,5-8,10,15H2,1H3,(H,18,19). The van der Waals surface area contributed by atoms with Crippen LogP contribution in [0.1, 0.15) is 0 Å². The molecule has 1 atom stereocenters. The third-order valence-electron chi connectivity index (χ3n) is 3.68. The van der Waals surface area contributed by atoms with Crippen molar-refractivity contribution in [3.8, 4) is 5.75 Å². The van der Waals surface area contributed by atoms with Crippen molar-refractivity contribution in [3.05, 3.63) is 24.3 Å². The van der Waals surface area contributed by atoms with E-state index in [1.807, 2.05) is 29.2 Å². The van der Waals surface area contributed by atoms with Gasteiger partial charge in [-0.2, -0.15) is 0 Å². The summed E-state index contributed by atoms with van der Waals surface area (Å²) in [6.07, 6.45) is 0. The molecule has 2 rings (SSSR count). The van der Waals surface area contributed by atoms with Crippen molar-refractivity contribution in [2.75, 3.05) is 44.7 Å². The molecule has 0 spiro atoms. The second-order valence-electron chi connectivity index (χ2n) is 4.81. The van der Waals surface area contributed by atoms with Gasteiger partial charge in [0, 0.05) is 44.5 Å². The molecule has 0 aliphatic carbocycles. The highest BCUT2D eigenvalue weighted by atomic mass is 16.5. The topological polar surface area (TPSA) is 79.0 Å². The van der Waals surface area contributed by atoms with E-state index >= 15 is 0 Å². The Morgan fingerprint density at radius 3 is 2.65 bits per heavy atom. The van der Waals surface area contributed by atoms with Crippen LogP contribution in [0.3, 0.4) is 0 Å². The lowest BCUT2D eigenvalue weighted by molar-refractivity contribution is -0.143. The van der Waals surface area contributed by atoms with Crippen molar-refractivity contribution in [3.63, 3.8) is 0 Å². The van der Waals surface area contributed by atoms with Gasteiger partial charge in [0.1, 0.15) is 11.8 Å². The number of piperazine rings is 1. The molecule has 1 heterocycles. The minimum atomic E-state index is -0.845. The van der Waals surface area contributed by atoms with E-state index in [9.17, 15) is 4.79 Å². The molecule has 0 bridgehead atoms. The first-order valence-electron chi connectivity index (χ1n) is 6.71. The molecule has 6 nitrogen and oxygen atoms in total. The summed E-state index contributed by atoms with van der Waals surface area (Å²) in [6, 6.07) is 7.32. The van der Waals surface area contributed by atoms with Crippen LogP contribution in [0, 0.1) is 0 Å². The number of carbonyl (C=O) groups is 1. The Morgan fingerprint density at radius 2 is 2.10 bits per heavy atom. The first kappa shape index (κ1) is 14.6. The molecular weight excluding hydrogens is 258 g/mol. The molecule has 1 aliphatic rings. The van der Waals surface area contributed by atoms with Crippen molar-refractivity contribution in [2.24, 2.45) is 5.73 Å². The number of carboxylic acid groups (broad SMARTS) is 1. The minimum absolute atomic E-state index is 0.147. The summed E-state index contributed by atoms with van der Waals surface area (Å²) in [7, 11) is 1.65. The van der Waals surface area contributed by atoms with Crippen LogP contribution in [0.5, 0.6) is 5.75 Å². The highest BCUT2D eigenvalue weighted by Crippen LogP contribution is 2.22. The van der Waals surface area contributed by atoms with E-state index in [0.717, 1.165) is 24.5 Å². The predicted octanol–water partition coefficient (Wildman–Crippen LogP) is 0.229. The molecule has 0 radical (unpaired) electrons. The number of methoxy groups -OCH3 is 1. The molecule has 0 amide bonds. The van der Waals surface area contributed by atoms with E-state index in [1.54, 1.807) is 7.11 Å². The van der Waals surface area contributed by atoms with Gasteiger partial charge in [-0.15, -0.1) is 0 Å². The number of aliphatic carboxylic acids is 1. The van der Waals surface area contributed by atoms with Gasteiger partial charge in [0.2, 0.25) is 0 Å². The van der Waals surface area contributed by atoms with E-state index in [1.165, 1.54) is 0 Å². The molecular formula is C14H21N3O3. The minimum Gasteiger partial charge on any atom is -0.497 e. The largest absolute Gasteiger partial charge is 0.497 e. The number of nitrogens with two attached hydrogens (primary N) is 1. The monoisotopic (exact) mass is 279 g/mol. The van der Waals surface area contributed by atoms with Gasteiger partial charge in [0.05, 0.1) is 7.11 Å². The van der Waals surface area contributed by atoms with E-state index < -0.39 is 12.0 Å².